The molecular formula is C12H22N2O. The molecule has 0 aromatic carbocycles. The molecule has 3 nitrogen and oxygen atoms in total. The first-order chi connectivity index (χ1) is 7.18. The van der Waals surface area contributed by atoms with Gasteiger partial charge in [0.2, 0.25) is 5.91 Å². The Bertz CT molecular complexity index is 230. The summed E-state index contributed by atoms with van der Waals surface area (Å²) in [7, 11) is 4.15. The highest BCUT2D eigenvalue weighted by Gasteiger charge is 2.31. The molecule has 0 radical (unpaired) electrons. The molecule has 15 heavy (non-hydrogen) atoms. The minimum absolute atomic E-state index is 0.356. The molecule has 0 N–H and O–H groups in total. The molecule has 0 aromatic heterocycles. The molecule has 1 saturated heterocycles. The Kier molecular flexibility index (Phi) is 3.29. The van der Waals surface area contributed by atoms with Gasteiger partial charge in [0.05, 0.1) is 0 Å². The summed E-state index contributed by atoms with van der Waals surface area (Å²) in [6, 6.07) is 0.495. The number of carbonyl (C=O) groups is 1. The first kappa shape index (κ1) is 10.9. The summed E-state index contributed by atoms with van der Waals surface area (Å²) >= 11 is 0. The Balaban J connectivity index is 1.84. The summed E-state index contributed by atoms with van der Waals surface area (Å²) in [6.07, 6.45) is 5.78. The van der Waals surface area contributed by atoms with E-state index in [-0.39, 0.29) is 0 Å². The van der Waals surface area contributed by atoms with Crippen LogP contribution >= 0.6 is 0 Å². The Hall–Kier alpha value is -0.570. The van der Waals surface area contributed by atoms with Crippen LogP contribution in [0, 0.1) is 5.92 Å². The van der Waals surface area contributed by atoms with Crippen molar-refractivity contribution in [3.8, 4) is 0 Å². The molecule has 2 rings (SSSR count). The van der Waals surface area contributed by atoms with E-state index < -0.39 is 0 Å². The van der Waals surface area contributed by atoms with Gasteiger partial charge in [-0.05, 0) is 45.8 Å². The maximum absolute atomic E-state index is 12.0. The second kappa shape index (κ2) is 4.52. The van der Waals surface area contributed by atoms with Gasteiger partial charge in [-0.1, -0.05) is 6.42 Å². The molecule has 0 unspecified atom stereocenters. The lowest BCUT2D eigenvalue weighted by molar-refractivity contribution is -0.139. The van der Waals surface area contributed by atoms with Crippen LogP contribution < -0.4 is 0 Å². The number of rotatable bonds is 2. The molecule has 3 heteroatoms. The molecule has 2 aliphatic rings. The average Bonchev–Trinajstić information content (AvgIpc) is 2.15. The van der Waals surface area contributed by atoms with Gasteiger partial charge in [-0.3, -0.25) is 4.79 Å². The smallest absolute Gasteiger partial charge is 0.225 e. The Morgan fingerprint density at radius 1 is 1.20 bits per heavy atom. The molecule has 1 heterocycles. The highest BCUT2D eigenvalue weighted by Crippen LogP contribution is 2.29. The molecule has 1 aliphatic carbocycles. The van der Waals surface area contributed by atoms with Crippen molar-refractivity contribution < 1.29 is 4.79 Å². The number of carbonyl (C=O) groups excluding carboxylic acids is 1. The molecule has 86 valence electrons. The van der Waals surface area contributed by atoms with Crippen LogP contribution in [-0.4, -0.2) is 48.9 Å². The van der Waals surface area contributed by atoms with E-state index in [2.05, 4.69) is 11.9 Å². The maximum atomic E-state index is 12.0. The fraction of sp³-hybridized carbons (Fsp3) is 0.917. The Labute approximate surface area is 92.4 Å². The van der Waals surface area contributed by atoms with E-state index in [9.17, 15) is 4.79 Å². The van der Waals surface area contributed by atoms with Gasteiger partial charge in [-0.2, -0.15) is 0 Å². The van der Waals surface area contributed by atoms with E-state index in [1.165, 1.54) is 6.42 Å². The van der Waals surface area contributed by atoms with E-state index in [1.807, 2.05) is 11.9 Å². The predicted octanol–water partition coefficient (Wildman–Crippen LogP) is 1.34. The third kappa shape index (κ3) is 2.33. The number of nitrogens with zero attached hydrogens (tertiary/aromatic N) is 2. The third-order valence-electron chi connectivity index (χ3n) is 4.04. The fourth-order valence-corrected chi connectivity index (χ4v) is 2.51. The standard InChI is InChI=1S/C12H22N2O/c1-13-8-6-11(7-9-13)14(2)12(15)10-4-3-5-10/h10-11H,3-9H2,1-2H3. The number of hydrogen-bond donors (Lipinski definition) is 0. The molecule has 2 fully saturated rings. The lowest BCUT2D eigenvalue weighted by Gasteiger charge is -2.38. The maximum Gasteiger partial charge on any atom is 0.225 e. The van der Waals surface area contributed by atoms with Gasteiger partial charge in [0.25, 0.3) is 0 Å². The Morgan fingerprint density at radius 3 is 2.27 bits per heavy atom. The molecule has 0 atom stereocenters. The normalized spacial score (nSPS) is 24.9. The van der Waals surface area contributed by atoms with Gasteiger partial charge in [-0.15, -0.1) is 0 Å². The fourth-order valence-electron chi connectivity index (χ4n) is 2.51. The lowest BCUT2D eigenvalue weighted by atomic mass is 9.84. The first-order valence-corrected chi connectivity index (χ1v) is 6.13. The van der Waals surface area contributed by atoms with Crippen molar-refractivity contribution >= 4 is 5.91 Å². The highest BCUT2D eigenvalue weighted by atomic mass is 16.2. The summed E-state index contributed by atoms with van der Waals surface area (Å²) < 4.78 is 0. The predicted molar refractivity (Wildman–Crippen MR) is 60.6 cm³/mol. The van der Waals surface area contributed by atoms with Crippen molar-refractivity contribution in [2.24, 2.45) is 5.92 Å². The van der Waals surface area contributed by atoms with Gasteiger partial charge in [0, 0.05) is 19.0 Å². The topological polar surface area (TPSA) is 23.6 Å². The van der Waals surface area contributed by atoms with E-state index in [0.29, 0.717) is 17.9 Å². The van der Waals surface area contributed by atoms with Gasteiger partial charge < -0.3 is 9.80 Å². The Morgan fingerprint density at radius 2 is 1.80 bits per heavy atom. The van der Waals surface area contributed by atoms with E-state index in [1.54, 1.807) is 0 Å². The summed E-state index contributed by atoms with van der Waals surface area (Å²) in [5.41, 5.74) is 0. The van der Waals surface area contributed by atoms with Gasteiger partial charge >= 0.3 is 0 Å². The van der Waals surface area contributed by atoms with Gasteiger partial charge in [0.15, 0.2) is 0 Å². The van der Waals surface area contributed by atoms with Crippen LogP contribution in [0.2, 0.25) is 0 Å². The average molecular weight is 210 g/mol. The highest BCUT2D eigenvalue weighted by molar-refractivity contribution is 5.79. The number of piperidine rings is 1. The van der Waals surface area contributed by atoms with Crippen LogP contribution in [-0.2, 0) is 4.79 Å². The van der Waals surface area contributed by atoms with Crippen molar-refractivity contribution in [2.75, 3.05) is 27.2 Å². The van der Waals surface area contributed by atoms with Crippen LogP contribution in [0.4, 0.5) is 0 Å². The van der Waals surface area contributed by atoms with E-state index in [4.69, 9.17) is 0 Å². The zero-order valence-electron chi connectivity index (χ0n) is 9.91. The molecule has 1 aliphatic heterocycles. The molecule has 0 aromatic rings. The van der Waals surface area contributed by atoms with Gasteiger partial charge in [-0.25, -0.2) is 0 Å². The second-order valence-corrected chi connectivity index (χ2v) is 5.11. The monoisotopic (exact) mass is 210 g/mol. The summed E-state index contributed by atoms with van der Waals surface area (Å²) in [6.45, 7) is 2.26. The number of hydrogen-bond acceptors (Lipinski definition) is 2. The van der Waals surface area contributed by atoms with Crippen LogP contribution in [0.15, 0.2) is 0 Å². The van der Waals surface area contributed by atoms with E-state index in [0.717, 1.165) is 38.8 Å². The van der Waals surface area contributed by atoms with Crippen molar-refractivity contribution in [3.05, 3.63) is 0 Å². The minimum atomic E-state index is 0.356. The van der Waals surface area contributed by atoms with Crippen molar-refractivity contribution in [1.29, 1.82) is 0 Å². The van der Waals surface area contributed by atoms with E-state index >= 15 is 0 Å². The van der Waals surface area contributed by atoms with Crippen LogP contribution in [0.5, 0.6) is 0 Å². The second-order valence-electron chi connectivity index (χ2n) is 5.11. The van der Waals surface area contributed by atoms with Crippen LogP contribution in [0.3, 0.4) is 0 Å². The molecular weight excluding hydrogens is 188 g/mol. The zero-order valence-corrected chi connectivity index (χ0v) is 9.91. The largest absolute Gasteiger partial charge is 0.342 e. The van der Waals surface area contributed by atoms with Crippen molar-refractivity contribution in [1.82, 2.24) is 9.80 Å². The SMILES string of the molecule is CN1CCC(N(C)C(=O)C2CCC2)CC1. The quantitative estimate of drug-likeness (QED) is 0.686. The number of amides is 1. The zero-order chi connectivity index (χ0) is 10.8. The molecule has 0 spiro atoms. The summed E-state index contributed by atoms with van der Waals surface area (Å²) in [5.74, 6) is 0.755. The number of likely N-dealkylation sites (tertiary alicyclic amines) is 1. The van der Waals surface area contributed by atoms with Crippen LogP contribution in [0.1, 0.15) is 32.1 Å². The van der Waals surface area contributed by atoms with Crippen LogP contribution in [0.25, 0.3) is 0 Å². The summed E-state index contributed by atoms with van der Waals surface area (Å²) in [5, 5.41) is 0. The minimum Gasteiger partial charge on any atom is -0.342 e. The van der Waals surface area contributed by atoms with Crippen molar-refractivity contribution in [3.63, 3.8) is 0 Å². The van der Waals surface area contributed by atoms with Gasteiger partial charge in [0.1, 0.15) is 0 Å². The third-order valence-corrected chi connectivity index (χ3v) is 4.04. The molecule has 1 amide bonds. The lowest BCUT2D eigenvalue weighted by Crippen LogP contribution is -2.47. The van der Waals surface area contributed by atoms with Crippen molar-refractivity contribution in [2.45, 2.75) is 38.1 Å². The first-order valence-electron chi connectivity index (χ1n) is 6.13. The summed E-state index contributed by atoms with van der Waals surface area (Å²) in [4.78, 5) is 16.4. The molecule has 1 saturated carbocycles. The molecule has 0 bridgehead atoms.